The highest BCUT2D eigenvalue weighted by Gasteiger charge is 2.40. The van der Waals surface area contributed by atoms with Crippen molar-refractivity contribution in [3.63, 3.8) is 0 Å². The predicted octanol–water partition coefficient (Wildman–Crippen LogP) is 2.96. The van der Waals surface area contributed by atoms with Crippen LogP contribution in [0.1, 0.15) is 57.1 Å². The van der Waals surface area contributed by atoms with E-state index in [0.717, 1.165) is 37.2 Å². The fourth-order valence-electron chi connectivity index (χ4n) is 4.00. The Morgan fingerprint density at radius 3 is 2.52 bits per heavy atom. The van der Waals surface area contributed by atoms with Crippen molar-refractivity contribution in [2.75, 3.05) is 27.3 Å². The summed E-state index contributed by atoms with van der Waals surface area (Å²) in [6, 6.07) is 5.76. The highest BCUT2D eigenvalue weighted by atomic mass is 16.5. The van der Waals surface area contributed by atoms with Crippen LogP contribution in [0.4, 0.5) is 0 Å². The maximum Gasteiger partial charge on any atom is 0.252 e. The first-order valence-electron chi connectivity index (χ1n) is 9.99. The molecule has 0 bridgehead atoms. The molecule has 2 fully saturated rings. The van der Waals surface area contributed by atoms with E-state index in [4.69, 9.17) is 14.2 Å². The second-order valence-corrected chi connectivity index (χ2v) is 7.58. The Morgan fingerprint density at radius 1 is 1.19 bits per heavy atom. The summed E-state index contributed by atoms with van der Waals surface area (Å²) >= 11 is 0. The van der Waals surface area contributed by atoms with Crippen LogP contribution < -0.4 is 20.1 Å². The highest BCUT2D eigenvalue weighted by molar-refractivity contribution is 5.85. The lowest BCUT2D eigenvalue weighted by Crippen LogP contribution is -2.54. The van der Waals surface area contributed by atoms with Gasteiger partial charge in [-0.15, -0.1) is 0 Å². The number of hydrogen-bond acceptors (Lipinski definition) is 5. The summed E-state index contributed by atoms with van der Waals surface area (Å²) in [4.78, 5) is 12.9. The molecular formula is C21H32N2O4. The molecule has 1 atom stereocenters. The van der Waals surface area contributed by atoms with Crippen molar-refractivity contribution < 1.29 is 19.0 Å². The number of amides is 1. The molecule has 1 unspecified atom stereocenters. The Balaban J connectivity index is 1.68. The van der Waals surface area contributed by atoms with E-state index in [-0.39, 0.29) is 18.1 Å². The first-order chi connectivity index (χ1) is 13.1. The van der Waals surface area contributed by atoms with Gasteiger partial charge in [0.25, 0.3) is 5.91 Å². The summed E-state index contributed by atoms with van der Waals surface area (Å²) < 4.78 is 17.3. The molecule has 0 spiro atoms. The average Bonchev–Trinajstić information content (AvgIpc) is 3.21. The number of carbonyl (C=O) groups is 1. The molecule has 1 aromatic carbocycles. The first-order valence-corrected chi connectivity index (χ1v) is 9.99. The molecule has 27 heavy (non-hydrogen) atoms. The molecule has 1 heterocycles. The summed E-state index contributed by atoms with van der Waals surface area (Å²) in [5.41, 5.74) is 0.244. The van der Waals surface area contributed by atoms with Crippen LogP contribution in [-0.4, -0.2) is 44.9 Å². The normalized spacial score (nSPS) is 20.9. The third-order valence-corrected chi connectivity index (χ3v) is 5.85. The third-order valence-electron chi connectivity index (χ3n) is 5.85. The van der Waals surface area contributed by atoms with Crippen LogP contribution >= 0.6 is 0 Å². The molecule has 6 nitrogen and oxygen atoms in total. The number of nitrogens with one attached hydrogen (secondary N) is 2. The zero-order valence-electron chi connectivity index (χ0n) is 16.7. The van der Waals surface area contributed by atoms with Crippen molar-refractivity contribution in [2.24, 2.45) is 0 Å². The predicted molar refractivity (Wildman–Crippen MR) is 104 cm³/mol. The first kappa shape index (κ1) is 20.0. The number of piperidine rings is 1. The van der Waals surface area contributed by atoms with Gasteiger partial charge in [-0.25, -0.2) is 0 Å². The van der Waals surface area contributed by atoms with Crippen LogP contribution in [0.15, 0.2) is 18.2 Å². The summed E-state index contributed by atoms with van der Waals surface area (Å²) in [5, 5.41) is 6.39. The Labute approximate surface area is 161 Å². The van der Waals surface area contributed by atoms with E-state index in [9.17, 15) is 4.79 Å². The van der Waals surface area contributed by atoms with Crippen LogP contribution in [0.3, 0.4) is 0 Å². The molecule has 1 aliphatic heterocycles. The van der Waals surface area contributed by atoms with Crippen molar-refractivity contribution in [3.05, 3.63) is 23.8 Å². The lowest BCUT2D eigenvalue weighted by atomic mass is 9.90. The third kappa shape index (κ3) is 4.55. The number of methoxy groups -OCH3 is 2. The Hall–Kier alpha value is -1.79. The molecule has 1 saturated heterocycles. The minimum atomic E-state index is -0.741. The smallest absolute Gasteiger partial charge is 0.252 e. The van der Waals surface area contributed by atoms with Gasteiger partial charge in [0.1, 0.15) is 5.60 Å². The molecule has 6 heteroatoms. The Bertz CT molecular complexity index is 637. The number of carbonyl (C=O) groups excluding carboxylic acids is 1. The van der Waals surface area contributed by atoms with Gasteiger partial charge in [-0.3, -0.25) is 4.79 Å². The average molecular weight is 376 g/mol. The second kappa shape index (κ2) is 8.93. The summed E-state index contributed by atoms with van der Waals surface area (Å²) in [7, 11) is 3.27. The summed E-state index contributed by atoms with van der Waals surface area (Å²) in [6.07, 6.45) is 6.30. The van der Waals surface area contributed by atoms with Gasteiger partial charge in [-0.1, -0.05) is 6.07 Å². The van der Waals surface area contributed by atoms with E-state index < -0.39 is 5.60 Å². The lowest BCUT2D eigenvalue weighted by molar-refractivity contribution is -0.147. The maximum atomic E-state index is 12.9. The largest absolute Gasteiger partial charge is 0.493 e. The molecule has 2 aliphatic rings. The topological polar surface area (TPSA) is 68.8 Å². The zero-order valence-corrected chi connectivity index (χ0v) is 16.7. The van der Waals surface area contributed by atoms with Gasteiger partial charge in [-0.2, -0.15) is 0 Å². The second-order valence-electron chi connectivity index (χ2n) is 7.58. The van der Waals surface area contributed by atoms with E-state index in [0.29, 0.717) is 18.6 Å². The molecule has 150 valence electrons. The summed E-state index contributed by atoms with van der Waals surface area (Å²) in [5.74, 6) is 1.44. The van der Waals surface area contributed by atoms with E-state index in [1.807, 2.05) is 25.1 Å². The minimum absolute atomic E-state index is 0.0516. The van der Waals surface area contributed by atoms with Crippen molar-refractivity contribution in [1.82, 2.24) is 10.6 Å². The van der Waals surface area contributed by atoms with Crippen LogP contribution in [0, 0.1) is 0 Å². The SMILES string of the molecule is COc1cc(C(C)NC(=O)C2(OC)CCNCC2)ccc1OC1CCCC1. The fraction of sp³-hybridized carbons (Fsp3) is 0.667. The number of benzene rings is 1. The van der Waals surface area contributed by atoms with Crippen LogP contribution in [0.5, 0.6) is 11.5 Å². The molecule has 0 aromatic heterocycles. The lowest BCUT2D eigenvalue weighted by Gasteiger charge is -2.35. The minimum Gasteiger partial charge on any atom is -0.493 e. The molecule has 0 radical (unpaired) electrons. The van der Waals surface area contributed by atoms with E-state index in [2.05, 4.69) is 10.6 Å². The van der Waals surface area contributed by atoms with Crippen molar-refractivity contribution >= 4 is 5.91 Å². The summed E-state index contributed by atoms with van der Waals surface area (Å²) in [6.45, 7) is 3.56. The van der Waals surface area contributed by atoms with Gasteiger partial charge in [0, 0.05) is 7.11 Å². The van der Waals surface area contributed by atoms with E-state index in [1.54, 1.807) is 14.2 Å². The monoisotopic (exact) mass is 376 g/mol. The van der Waals surface area contributed by atoms with Crippen LogP contribution in [0.2, 0.25) is 0 Å². The van der Waals surface area contributed by atoms with Gasteiger partial charge < -0.3 is 24.8 Å². The van der Waals surface area contributed by atoms with Crippen molar-refractivity contribution in [3.8, 4) is 11.5 Å². The van der Waals surface area contributed by atoms with E-state index in [1.165, 1.54) is 12.8 Å². The van der Waals surface area contributed by atoms with Crippen molar-refractivity contribution in [1.29, 1.82) is 0 Å². The molecule has 2 N–H and O–H groups in total. The molecule has 1 amide bonds. The van der Waals surface area contributed by atoms with Crippen LogP contribution in [-0.2, 0) is 9.53 Å². The standard InChI is InChI=1S/C21H32N2O4/c1-15(23-20(24)21(26-3)10-12-22-13-11-21)16-8-9-18(19(14-16)25-2)27-17-6-4-5-7-17/h8-9,14-15,17,22H,4-7,10-13H2,1-3H3,(H,23,24). The van der Waals surface area contributed by atoms with Gasteiger partial charge in [0.15, 0.2) is 11.5 Å². The zero-order chi connectivity index (χ0) is 19.3. The maximum absolute atomic E-state index is 12.9. The molecule has 1 saturated carbocycles. The Morgan fingerprint density at radius 2 is 1.89 bits per heavy atom. The molecule has 1 aromatic rings. The number of ether oxygens (including phenoxy) is 3. The van der Waals surface area contributed by atoms with Gasteiger partial charge in [-0.05, 0) is 76.2 Å². The van der Waals surface area contributed by atoms with Gasteiger partial charge in [0.2, 0.25) is 0 Å². The van der Waals surface area contributed by atoms with Gasteiger partial charge in [0.05, 0.1) is 19.3 Å². The van der Waals surface area contributed by atoms with Crippen LogP contribution in [0.25, 0.3) is 0 Å². The van der Waals surface area contributed by atoms with E-state index >= 15 is 0 Å². The number of hydrogen-bond donors (Lipinski definition) is 2. The molecule has 3 rings (SSSR count). The quantitative estimate of drug-likeness (QED) is 0.766. The highest BCUT2D eigenvalue weighted by Crippen LogP contribution is 2.34. The fourth-order valence-corrected chi connectivity index (χ4v) is 4.00. The van der Waals surface area contributed by atoms with Gasteiger partial charge >= 0.3 is 0 Å². The Kier molecular flexibility index (Phi) is 6.60. The number of rotatable bonds is 7. The van der Waals surface area contributed by atoms with Crippen molar-refractivity contribution in [2.45, 2.75) is 63.2 Å². The molecule has 1 aliphatic carbocycles. The molecular weight excluding hydrogens is 344 g/mol.